The number of hydrogen-bond donors (Lipinski definition) is 1. The highest BCUT2D eigenvalue weighted by atomic mass is 35.5. The predicted octanol–water partition coefficient (Wildman–Crippen LogP) is 4.86. The molecule has 0 saturated carbocycles. The zero-order valence-corrected chi connectivity index (χ0v) is 12.9. The summed E-state index contributed by atoms with van der Waals surface area (Å²) in [6.45, 7) is 4.04. The molecule has 0 spiro atoms. The lowest BCUT2D eigenvalue weighted by atomic mass is 9.95. The van der Waals surface area contributed by atoms with E-state index in [2.05, 4.69) is 30.8 Å². The van der Waals surface area contributed by atoms with Gasteiger partial charge in [-0.15, -0.1) is 0 Å². The Morgan fingerprint density at radius 2 is 1.90 bits per heavy atom. The lowest BCUT2D eigenvalue weighted by Gasteiger charge is -2.23. The van der Waals surface area contributed by atoms with Crippen molar-refractivity contribution in [1.82, 2.24) is 5.32 Å². The maximum Gasteiger partial charge on any atom is 0.387 e. The lowest BCUT2D eigenvalue weighted by Crippen LogP contribution is -2.32. The second kappa shape index (κ2) is 8.42. The van der Waals surface area contributed by atoms with Crippen LogP contribution >= 0.6 is 11.6 Å². The highest BCUT2D eigenvalue weighted by Gasteiger charge is 2.15. The molecule has 0 radical (unpaired) electrons. The first-order chi connectivity index (χ1) is 9.47. The molecule has 0 fully saturated rings. The van der Waals surface area contributed by atoms with Gasteiger partial charge in [-0.25, -0.2) is 0 Å². The van der Waals surface area contributed by atoms with Crippen molar-refractivity contribution in [3.8, 4) is 5.75 Å². The Labute approximate surface area is 124 Å². The number of halogens is 3. The second-order valence-corrected chi connectivity index (χ2v) is 5.31. The molecule has 0 bridgehead atoms. The van der Waals surface area contributed by atoms with Crippen molar-refractivity contribution in [3.05, 3.63) is 28.8 Å². The number of ether oxygens (including phenoxy) is 1. The van der Waals surface area contributed by atoms with Crippen molar-refractivity contribution < 1.29 is 13.5 Å². The van der Waals surface area contributed by atoms with Crippen molar-refractivity contribution in [2.24, 2.45) is 5.92 Å². The van der Waals surface area contributed by atoms with E-state index in [0.29, 0.717) is 29.1 Å². The van der Waals surface area contributed by atoms with E-state index in [-0.39, 0.29) is 5.75 Å². The first kappa shape index (κ1) is 17.2. The van der Waals surface area contributed by atoms with E-state index in [1.165, 1.54) is 6.07 Å². The predicted molar refractivity (Wildman–Crippen MR) is 78.5 cm³/mol. The fourth-order valence-electron chi connectivity index (χ4n) is 2.33. The van der Waals surface area contributed by atoms with Gasteiger partial charge in [0.2, 0.25) is 0 Å². The lowest BCUT2D eigenvalue weighted by molar-refractivity contribution is -0.0505. The average Bonchev–Trinajstić information content (AvgIpc) is 2.40. The van der Waals surface area contributed by atoms with E-state index >= 15 is 0 Å². The number of benzene rings is 1. The zero-order valence-electron chi connectivity index (χ0n) is 12.1. The number of hydrogen-bond acceptors (Lipinski definition) is 2. The van der Waals surface area contributed by atoms with Crippen molar-refractivity contribution in [1.29, 1.82) is 0 Å². The molecule has 1 atom stereocenters. The van der Waals surface area contributed by atoms with E-state index in [0.717, 1.165) is 12.8 Å². The summed E-state index contributed by atoms with van der Waals surface area (Å²) >= 11 is 5.91. The SMILES string of the molecule is CCC(CC)C(C)NCc1cc(Cl)ccc1OC(F)F. The van der Waals surface area contributed by atoms with Gasteiger partial charge in [-0.05, 0) is 31.0 Å². The molecule has 0 aliphatic heterocycles. The van der Waals surface area contributed by atoms with Gasteiger partial charge >= 0.3 is 6.61 Å². The second-order valence-electron chi connectivity index (χ2n) is 4.88. The number of alkyl halides is 2. The van der Waals surface area contributed by atoms with Crippen LogP contribution in [0, 0.1) is 5.92 Å². The minimum atomic E-state index is -2.83. The Kier molecular flexibility index (Phi) is 7.24. The molecule has 1 rings (SSSR count). The molecule has 0 aliphatic carbocycles. The third kappa shape index (κ3) is 5.25. The Morgan fingerprint density at radius 3 is 2.45 bits per heavy atom. The summed E-state index contributed by atoms with van der Waals surface area (Å²) in [4.78, 5) is 0. The average molecular weight is 306 g/mol. The summed E-state index contributed by atoms with van der Waals surface area (Å²) in [6.07, 6.45) is 2.17. The van der Waals surface area contributed by atoms with Crippen LogP contribution in [0.5, 0.6) is 5.75 Å². The minimum absolute atomic E-state index is 0.175. The van der Waals surface area contributed by atoms with Crippen LogP contribution in [0.4, 0.5) is 8.78 Å². The number of rotatable bonds is 8. The maximum atomic E-state index is 12.4. The summed E-state index contributed by atoms with van der Waals surface area (Å²) in [5.74, 6) is 0.738. The molecule has 0 amide bonds. The zero-order chi connectivity index (χ0) is 15.1. The van der Waals surface area contributed by atoms with Crippen LogP contribution in [-0.2, 0) is 6.54 Å². The van der Waals surface area contributed by atoms with Gasteiger partial charge in [0, 0.05) is 23.2 Å². The van der Waals surface area contributed by atoms with Crippen LogP contribution in [0.2, 0.25) is 5.02 Å². The first-order valence-electron chi connectivity index (χ1n) is 6.94. The van der Waals surface area contributed by atoms with Gasteiger partial charge in [0.25, 0.3) is 0 Å². The molecule has 20 heavy (non-hydrogen) atoms. The van der Waals surface area contributed by atoms with Crippen molar-refractivity contribution in [3.63, 3.8) is 0 Å². The van der Waals surface area contributed by atoms with Crippen molar-refractivity contribution in [2.45, 2.75) is 52.8 Å². The normalized spacial score (nSPS) is 13.0. The molecule has 0 heterocycles. The van der Waals surface area contributed by atoms with E-state index in [4.69, 9.17) is 11.6 Å². The standard InChI is InChI=1S/C15H22ClF2NO/c1-4-11(5-2)10(3)19-9-12-8-13(16)6-7-14(12)20-15(17)18/h6-8,10-11,15,19H,4-5,9H2,1-3H3. The Hall–Kier alpha value is -0.870. The topological polar surface area (TPSA) is 21.3 Å². The first-order valence-corrected chi connectivity index (χ1v) is 7.32. The Balaban J connectivity index is 2.73. The minimum Gasteiger partial charge on any atom is -0.434 e. The van der Waals surface area contributed by atoms with Crippen LogP contribution in [-0.4, -0.2) is 12.7 Å². The van der Waals surface area contributed by atoms with E-state index in [1.807, 2.05) is 0 Å². The fourth-order valence-corrected chi connectivity index (χ4v) is 2.53. The van der Waals surface area contributed by atoms with Gasteiger partial charge < -0.3 is 10.1 Å². The van der Waals surface area contributed by atoms with Crippen LogP contribution in [0.15, 0.2) is 18.2 Å². The van der Waals surface area contributed by atoms with E-state index in [9.17, 15) is 8.78 Å². The molecule has 1 aromatic rings. The van der Waals surface area contributed by atoms with E-state index in [1.54, 1.807) is 12.1 Å². The van der Waals surface area contributed by atoms with Gasteiger partial charge in [-0.2, -0.15) is 8.78 Å². The Morgan fingerprint density at radius 1 is 1.25 bits per heavy atom. The monoisotopic (exact) mass is 305 g/mol. The molecule has 1 unspecified atom stereocenters. The van der Waals surface area contributed by atoms with Crippen molar-refractivity contribution in [2.75, 3.05) is 0 Å². The van der Waals surface area contributed by atoms with E-state index < -0.39 is 6.61 Å². The number of nitrogens with one attached hydrogen (secondary N) is 1. The molecule has 2 nitrogen and oxygen atoms in total. The maximum absolute atomic E-state index is 12.4. The van der Waals surface area contributed by atoms with Crippen molar-refractivity contribution >= 4 is 11.6 Å². The molecule has 0 saturated heterocycles. The Bertz CT molecular complexity index is 411. The molecule has 114 valence electrons. The van der Waals surface area contributed by atoms with Gasteiger partial charge in [-0.1, -0.05) is 38.3 Å². The largest absolute Gasteiger partial charge is 0.434 e. The molecule has 1 N–H and O–H groups in total. The molecule has 5 heteroatoms. The van der Waals surface area contributed by atoms with Crippen LogP contribution < -0.4 is 10.1 Å². The summed E-state index contributed by atoms with van der Waals surface area (Å²) in [5, 5.41) is 3.87. The summed E-state index contributed by atoms with van der Waals surface area (Å²) in [7, 11) is 0. The van der Waals surface area contributed by atoms with Gasteiger partial charge in [0.15, 0.2) is 0 Å². The highest BCUT2D eigenvalue weighted by Crippen LogP contribution is 2.25. The van der Waals surface area contributed by atoms with Gasteiger partial charge in [0.1, 0.15) is 5.75 Å². The van der Waals surface area contributed by atoms with Crippen LogP contribution in [0.3, 0.4) is 0 Å². The summed E-state index contributed by atoms with van der Waals surface area (Å²) in [5.41, 5.74) is 0.649. The summed E-state index contributed by atoms with van der Waals surface area (Å²) in [6, 6.07) is 5.00. The van der Waals surface area contributed by atoms with Gasteiger partial charge in [-0.3, -0.25) is 0 Å². The smallest absolute Gasteiger partial charge is 0.387 e. The molecule has 0 aliphatic rings. The highest BCUT2D eigenvalue weighted by molar-refractivity contribution is 6.30. The molecule has 1 aromatic carbocycles. The van der Waals surface area contributed by atoms with Crippen LogP contribution in [0.1, 0.15) is 39.2 Å². The quantitative estimate of drug-likeness (QED) is 0.741. The molecular weight excluding hydrogens is 284 g/mol. The van der Waals surface area contributed by atoms with Gasteiger partial charge in [0.05, 0.1) is 0 Å². The van der Waals surface area contributed by atoms with Crippen LogP contribution in [0.25, 0.3) is 0 Å². The fraction of sp³-hybridized carbons (Fsp3) is 0.600. The third-order valence-electron chi connectivity index (χ3n) is 3.61. The third-order valence-corrected chi connectivity index (χ3v) is 3.84. The summed E-state index contributed by atoms with van der Waals surface area (Å²) < 4.78 is 29.2. The molecular formula is C15H22ClF2NO. The molecule has 0 aromatic heterocycles.